The van der Waals surface area contributed by atoms with Crippen molar-refractivity contribution in [2.45, 2.75) is 25.3 Å². The fourth-order valence-corrected chi connectivity index (χ4v) is 3.08. The van der Waals surface area contributed by atoms with Crippen LogP contribution in [0.4, 0.5) is 0 Å². The van der Waals surface area contributed by atoms with Crippen LogP contribution in [0.3, 0.4) is 0 Å². The maximum atomic E-state index is 11.9. The van der Waals surface area contributed by atoms with Crippen molar-refractivity contribution in [3.05, 3.63) is 58.8 Å². The number of pyridine rings is 1. The molecule has 0 fully saturated rings. The van der Waals surface area contributed by atoms with Gasteiger partial charge in [0.15, 0.2) is 0 Å². The van der Waals surface area contributed by atoms with Gasteiger partial charge in [-0.1, -0.05) is 42.1 Å². The number of hydrogen-bond donors (Lipinski definition) is 2. The third-order valence-corrected chi connectivity index (χ3v) is 4.29. The first-order valence-electron chi connectivity index (χ1n) is 7.62. The molecule has 0 bridgehead atoms. The van der Waals surface area contributed by atoms with Crippen LogP contribution >= 0.6 is 11.8 Å². The lowest BCUT2D eigenvalue weighted by Crippen LogP contribution is -2.43. The number of aromatic nitrogens is 1. The Morgan fingerprint density at radius 2 is 1.84 bits per heavy atom. The van der Waals surface area contributed by atoms with E-state index in [4.69, 9.17) is 0 Å². The monoisotopic (exact) mass is 354 g/mol. The molecule has 0 saturated heterocycles. The second kappa shape index (κ2) is 8.85. The van der Waals surface area contributed by atoms with Crippen LogP contribution in [0.25, 0.3) is 0 Å². The van der Waals surface area contributed by atoms with Gasteiger partial charge in [0.1, 0.15) is 11.1 Å². The highest BCUT2D eigenvalue weighted by Crippen LogP contribution is 2.23. The third-order valence-electron chi connectivity index (χ3n) is 3.31. The molecule has 6 nitrogen and oxygen atoms in total. The van der Waals surface area contributed by atoms with Crippen molar-refractivity contribution in [2.75, 3.05) is 5.75 Å². The highest BCUT2D eigenvalue weighted by Gasteiger charge is 2.12. The number of nitrogens with zero attached hydrogens (tertiary/aromatic N) is 2. The molecule has 0 unspecified atom stereocenters. The number of carbonyl (C=O) groups is 2. The zero-order valence-electron chi connectivity index (χ0n) is 14.0. The lowest BCUT2D eigenvalue weighted by atomic mass is 10.1. The molecule has 0 aliphatic carbocycles. The highest BCUT2D eigenvalue weighted by molar-refractivity contribution is 8.00. The largest absolute Gasteiger partial charge is 0.273 e. The Labute approximate surface area is 150 Å². The minimum Gasteiger partial charge on any atom is -0.273 e. The summed E-state index contributed by atoms with van der Waals surface area (Å²) in [5.74, 6) is -0.612. The van der Waals surface area contributed by atoms with E-state index < -0.39 is 0 Å². The Balaban J connectivity index is 1.83. The van der Waals surface area contributed by atoms with Gasteiger partial charge in [0, 0.05) is 5.69 Å². The highest BCUT2D eigenvalue weighted by atomic mass is 32.2. The molecule has 128 valence electrons. The van der Waals surface area contributed by atoms with E-state index in [1.165, 1.54) is 11.8 Å². The van der Waals surface area contributed by atoms with Crippen LogP contribution in [0.5, 0.6) is 0 Å². The molecular formula is C18H18N4O2S. The smallest absolute Gasteiger partial charge is 0.248 e. The van der Waals surface area contributed by atoms with E-state index in [0.29, 0.717) is 10.6 Å². The number of nitriles is 1. The summed E-state index contributed by atoms with van der Waals surface area (Å²) in [7, 11) is 0. The number of rotatable bonds is 5. The van der Waals surface area contributed by atoms with E-state index in [2.05, 4.69) is 21.9 Å². The van der Waals surface area contributed by atoms with Crippen molar-refractivity contribution in [3.63, 3.8) is 0 Å². The predicted octanol–water partition coefficient (Wildman–Crippen LogP) is 2.05. The Morgan fingerprint density at radius 3 is 2.52 bits per heavy atom. The molecule has 25 heavy (non-hydrogen) atoms. The van der Waals surface area contributed by atoms with Crippen LogP contribution in [-0.2, 0) is 16.0 Å². The SMILES string of the molecule is Cc1cc(C)c(C#N)c(SCC(=O)NNC(=O)Cc2ccccc2)n1. The van der Waals surface area contributed by atoms with Crippen molar-refractivity contribution < 1.29 is 9.59 Å². The van der Waals surface area contributed by atoms with Gasteiger partial charge in [0.25, 0.3) is 0 Å². The number of aryl methyl sites for hydroxylation is 2. The molecule has 2 N–H and O–H groups in total. The van der Waals surface area contributed by atoms with E-state index in [0.717, 1.165) is 16.8 Å². The number of hydrogen-bond acceptors (Lipinski definition) is 5. The maximum absolute atomic E-state index is 11.9. The van der Waals surface area contributed by atoms with Gasteiger partial charge < -0.3 is 0 Å². The molecule has 2 rings (SSSR count). The molecule has 2 aromatic rings. The number of amides is 2. The van der Waals surface area contributed by atoms with Crippen molar-refractivity contribution in [1.82, 2.24) is 15.8 Å². The fourth-order valence-electron chi connectivity index (χ4n) is 2.18. The van der Waals surface area contributed by atoms with Gasteiger partial charge in [-0.15, -0.1) is 0 Å². The Morgan fingerprint density at radius 1 is 1.16 bits per heavy atom. The average Bonchev–Trinajstić information content (AvgIpc) is 2.58. The second-order valence-corrected chi connectivity index (χ2v) is 6.38. The summed E-state index contributed by atoms with van der Waals surface area (Å²) >= 11 is 1.17. The van der Waals surface area contributed by atoms with E-state index in [9.17, 15) is 14.9 Å². The second-order valence-electron chi connectivity index (χ2n) is 5.42. The lowest BCUT2D eigenvalue weighted by Gasteiger charge is -2.09. The zero-order valence-corrected chi connectivity index (χ0v) is 14.8. The van der Waals surface area contributed by atoms with Crippen molar-refractivity contribution in [3.8, 4) is 6.07 Å². The van der Waals surface area contributed by atoms with Crippen molar-refractivity contribution in [1.29, 1.82) is 5.26 Å². The van der Waals surface area contributed by atoms with Crippen LogP contribution in [0.1, 0.15) is 22.4 Å². The molecular weight excluding hydrogens is 336 g/mol. The molecule has 1 aromatic carbocycles. The molecule has 0 aliphatic heterocycles. The summed E-state index contributed by atoms with van der Waals surface area (Å²) in [6, 6.07) is 13.2. The number of thioether (sulfide) groups is 1. The Hall–Kier alpha value is -2.85. The van der Waals surface area contributed by atoms with E-state index in [1.807, 2.05) is 50.2 Å². The topological polar surface area (TPSA) is 94.9 Å². The number of hydrazine groups is 1. The molecule has 2 amide bonds. The van der Waals surface area contributed by atoms with Gasteiger partial charge in [-0.3, -0.25) is 20.4 Å². The quantitative estimate of drug-likeness (QED) is 0.633. The van der Waals surface area contributed by atoms with Gasteiger partial charge in [-0.05, 0) is 31.0 Å². The fraction of sp³-hybridized carbons (Fsp3) is 0.222. The molecule has 1 aromatic heterocycles. The average molecular weight is 354 g/mol. The maximum Gasteiger partial charge on any atom is 0.248 e. The molecule has 0 radical (unpaired) electrons. The summed E-state index contributed by atoms with van der Waals surface area (Å²) in [5.41, 5.74) is 7.70. The molecule has 0 spiro atoms. The van der Waals surface area contributed by atoms with Gasteiger partial charge >= 0.3 is 0 Å². The minimum atomic E-state index is -0.365. The van der Waals surface area contributed by atoms with Gasteiger partial charge in [-0.2, -0.15) is 5.26 Å². The van der Waals surface area contributed by atoms with Crippen molar-refractivity contribution >= 4 is 23.6 Å². The Bertz CT molecular complexity index is 816. The predicted molar refractivity (Wildman–Crippen MR) is 95.6 cm³/mol. The normalized spacial score (nSPS) is 9.96. The third kappa shape index (κ3) is 5.62. The van der Waals surface area contributed by atoms with E-state index in [1.54, 1.807) is 0 Å². The van der Waals surface area contributed by atoms with Gasteiger partial charge in [-0.25, -0.2) is 4.98 Å². The summed E-state index contributed by atoms with van der Waals surface area (Å²) < 4.78 is 0. The molecule has 0 aliphatic rings. The number of benzene rings is 1. The number of nitrogens with one attached hydrogen (secondary N) is 2. The van der Waals surface area contributed by atoms with E-state index in [-0.39, 0.29) is 24.0 Å². The first kappa shape index (κ1) is 18.5. The van der Waals surface area contributed by atoms with Gasteiger partial charge in [0.2, 0.25) is 11.8 Å². The van der Waals surface area contributed by atoms with Crippen LogP contribution in [-0.4, -0.2) is 22.6 Å². The summed E-state index contributed by atoms with van der Waals surface area (Å²) in [6.45, 7) is 3.67. The standard InChI is InChI=1S/C18H18N4O2S/c1-12-8-13(2)20-18(15(12)10-19)25-11-17(24)22-21-16(23)9-14-6-4-3-5-7-14/h3-8H,9,11H2,1-2H3,(H,21,23)(H,22,24). The minimum absolute atomic E-state index is 0.0518. The van der Waals surface area contributed by atoms with Crippen molar-refractivity contribution in [2.24, 2.45) is 0 Å². The van der Waals surface area contributed by atoms with E-state index >= 15 is 0 Å². The molecule has 0 atom stereocenters. The van der Waals surface area contributed by atoms with Crippen LogP contribution in [0, 0.1) is 25.2 Å². The summed E-state index contributed by atoms with van der Waals surface area (Å²) in [5, 5.41) is 9.73. The lowest BCUT2D eigenvalue weighted by molar-refractivity contribution is -0.127. The molecule has 7 heteroatoms. The van der Waals surface area contributed by atoms with Crippen LogP contribution in [0.15, 0.2) is 41.4 Å². The van der Waals surface area contributed by atoms with Crippen LogP contribution < -0.4 is 10.9 Å². The molecule has 0 saturated carbocycles. The summed E-state index contributed by atoms with van der Waals surface area (Å²) in [6.07, 6.45) is 0.186. The zero-order chi connectivity index (χ0) is 18.2. The van der Waals surface area contributed by atoms with Crippen LogP contribution in [0.2, 0.25) is 0 Å². The first-order chi connectivity index (χ1) is 12.0. The number of carbonyl (C=O) groups excluding carboxylic acids is 2. The Kier molecular flexibility index (Phi) is 6.54. The van der Waals surface area contributed by atoms with Gasteiger partial charge in [0.05, 0.1) is 17.7 Å². The summed E-state index contributed by atoms with van der Waals surface area (Å²) in [4.78, 5) is 28.0. The first-order valence-corrected chi connectivity index (χ1v) is 8.61. The molecule has 1 heterocycles.